The molecule has 39 heavy (non-hydrogen) atoms. The fourth-order valence-corrected chi connectivity index (χ4v) is 5.81. The van der Waals surface area contributed by atoms with E-state index in [1.54, 1.807) is 11.4 Å². The molecule has 194 valence electrons. The maximum absolute atomic E-state index is 13.7. The Morgan fingerprint density at radius 3 is 2.62 bits per heavy atom. The predicted octanol–water partition coefficient (Wildman–Crippen LogP) is 5.63. The molecule has 0 unspecified atom stereocenters. The van der Waals surface area contributed by atoms with E-state index in [4.69, 9.17) is 0 Å². The van der Waals surface area contributed by atoms with E-state index < -0.39 is 15.9 Å². The van der Waals surface area contributed by atoms with Crippen LogP contribution in [-0.2, 0) is 21.4 Å². The molecular formula is C28H20FN5O3S2. The smallest absolute Gasteiger partial charge is 0.266 e. The Morgan fingerprint density at radius 1 is 1.10 bits per heavy atom. The number of carbonyl (C=O) groups excluding carboxylic acids is 1. The quantitative estimate of drug-likeness (QED) is 0.189. The largest absolute Gasteiger partial charge is 0.342 e. The molecular weight excluding hydrogens is 537 g/mol. The standard InChI is InChI=1S/C28H20FN5O3S2/c29-22-5-3-4-19(14-22)17-34-18-21(25-6-1-2-7-26(25)34)15-20(16-30)27(35)32-23-8-10-24(11-9-23)39(36,37)33-28-31-12-13-38-28/h1-15,18H,17H2,(H,31,33)(H,32,35)/b20-15+. The van der Waals surface area contributed by atoms with Gasteiger partial charge >= 0.3 is 0 Å². The molecule has 2 heterocycles. The van der Waals surface area contributed by atoms with E-state index in [9.17, 15) is 22.9 Å². The molecule has 0 saturated heterocycles. The highest BCUT2D eigenvalue weighted by Crippen LogP contribution is 2.25. The molecule has 0 aliphatic heterocycles. The van der Waals surface area contributed by atoms with Crippen molar-refractivity contribution in [3.05, 3.63) is 113 Å². The molecule has 11 heteroatoms. The van der Waals surface area contributed by atoms with Gasteiger partial charge in [0.15, 0.2) is 5.13 Å². The Labute approximate surface area is 227 Å². The van der Waals surface area contributed by atoms with Crippen molar-refractivity contribution in [1.82, 2.24) is 9.55 Å². The zero-order valence-corrected chi connectivity index (χ0v) is 21.8. The average Bonchev–Trinajstić information content (AvgIpc) is 3.55. The third-order valence-electron chi connectivity index (χ3n) is 5.80. The van der Waals surface area contributed by atoms with Gasteiger partial charge in [-0.3, -0.25) is 9.52 Å². The van der Waals surface area contributed by atoms with Gasteiger partial charge in [0.05, 0.1) is 4.90 Å². The Hall–Kier alpha value is -4.79. The number of aromatic nitrogens is 2. The van der Waals surface area contributed by atoms with Crippen LogP contribution in [-0.4, -0.2) is 23.9 Å². The summed E-state index contributed by atoms with van der Waals surface area (Å²) < 4.78 is 43.1. The summed E-state index contributed by atoms with van der Waals surface area (Å²) in [7, 11) is -3.84. The number of hydrogen-bond acceptors (Lipinski definition) is 6. The second kappa shape index (κ2) is 10.9. The van der Waals surface area contributed by atoms with E-state index in [0.717, 1.165) is 27.8 Å². The lowest BCUT2D eigenvalue weighted by Crippen LogP contribution is -2.15. The predicted molar refractivity (Wildman–Crippen MR) is 149 cm³/mol. The molecule has 0 aliphatic carbocycles. The number of sulfonamides is 1. The molecule has 8 nitrogen and oxygen atoms in total. The Balaban J connectivity index is 1.36. The molecule has 0 aliphatic rings. The number of rotatable bonds is 8. The number of nitrogens with one attached hydrogen (secondary N) is 2. The third kappa shape index (κ3) is 5.87. The van der Waals surface area contributed by atoms with E-state index in [1.807, 2.05) is 47.2 Å². The number of para-hydroxylation sites is 1. The number of thiazole rings is 1. The second-order valence-electron chi connectivity index (χ2n) is 8.45. The van der Waals surface area contributed by atoms with Crippen molar-refractivity contribution >= 4 is 55.1 Å². The van der Waals surface area contributed by atoms with Crippen LogP contribution in [0, 0.1) is 17.1 Å². The second-order valence-corrected chi connectivity index (χ2v) is 11.0. The number of hydrogen-bond donors (Lipinski definition) is 2. The van der Waals surface area contributed by atoms with Crippen LogP contribution in [0.4, 0.5) is 15.2 Å². The molecule has 0 fully saturated rings. The lowest BCUT2D eigenvalue weighted by Gasteiger charge is -2.07. The molecule has 0 radical (unpaired) electrons. The van der Waals surface area contributed by atoms with Crippen LogP contribution >= 0.6 is 11.3 Å². The monoisotopic (exact) mass is 557 g/mol. The van der Waals surface area contributed by atoms with Crippen LogP contribution in [0.2, 0.25) is 0 Å². The summed E-state index contributed by atoms with van der Waals surface area (Å²) in [6.07, 6.45) is 4.80. The lowest BCUT2D eigenvalue weighted by molar-refractivity contribution is -0.112. The topological polar surface area (TPSA) is 117 Å². The van der Waals surface area contributed by atoms with Gasteiger partial charge in [-0.25, -0.2) is 17.8 Å². The first-order valence-corrected chi connectivity index (χ1v) is 14.0. The molecule has 0 atom stereocenters. The van der Waals surface area contributed by atoms with Gasteiger partial charge in [-0.05, 0) is 54.1 Å². The van der Waals surface area contributed by atoms with E-state index in [1.165, 1.54) is 48.7 Å². The SMILES string of the molecule is N#C/C(=C\c1cn(Cc2cccc(F)c2)c2ccccc12)C(=O)Nc1ccc(S(=O)(=O)Nc2nccs2)cc1. The summed E-state index contributed by atoms with van der Waals surface area (Å²) in [5, 5.41) is 15.1. The number of anilines is 2. The lowest BCUT2D eigenvalue weighted by atomic mass is 10.1. The molecule has 1 amide bonds. The van der Waals surface area contributed by atoms with E-state index in [-0.39, 0.29) is 21.4 Å². The van der Waals surface area contributed by atoms with Gasteiger partial charge < -0.3 is 9.88 Å². The summed E-state index contributed by atoms with van der Waals surface area (Å²) in [4.78, 5) is 16.8. The highest BCUT2D eigenvalue weighted by atomic mass is 32.2. The van der Waals surface area contributed by atoms with Gasteiger partial charge in [0.25, 0.3) is 15.9 Å². The first-order valence-electron chi connectivity index (χ1n) is 11.6. The van der Waals surface area contributed by atoms with Crippen LogP contribution < -0.4 is 10.0 Å². The minimum atomic E-state index is -3.84. The van der Waals surface area contributed by atoms with Gasteiger partial charge in [-0.15, -0.1) is 11.3 Å². The zero-order chi connectivity index (χ0) is 27.4. The van der Waals surface area contributed by atoms with Crippen LogP contribution in [0.1, 0.15) is 11.1 Å². The number of fused-ring (bicyclic) bond motifs is 1. The van der Waals surface area contributed by atoms with Crippen LogP contribution in [0.25, 0.3) is 17.0 Å². The van der Waals surface area contributed by atoms with Crippen molar-refractivity contribution in [1.29, 1.82) is 5.26 Å². The summed E-state index contributed by atoms with van der Waals surface area (Å²) in [6, 6.07) is 21.4. The van der Waals surface area contributed by atoms with Crippen molar-refractivity contribution in [2.75, 3.05) is 10.0 Å². The van der Waals surface area contributed by atoms with E-state index in [0.29, 0.717) is 17.8 Å². The van der Waals surface area contributed by atoms with Crippen LogP contribution in [0.5, 0.6) is 0 Å². The minimum absolute atomic E-state index is 0.00199. The molecule has 2 aromatic heterocycles. The van der Waals surface area contributed by atoms with Gasteiger partial charge in [-0.2, -0.15) is 5.26 Å². The molecule has 0 spiro atoms. The summed E-state index contributed by atoms with van der Waals surface area (Å²) in [5.41, 5.74) is 2.49. The van der Waals surface area contributed by atoms with E-state index in [2.05, 4.69) is 15.0 Å². The van der Waals surface area contributed by atoms with Crippen molar-refractivity contribution in [2.45, 2.75) is 11.4 Å². The van der Waals surface area contributed by atoms with Gasteiger partial charge in [0, 0.05) is 46.5 Å². The van der Waals surface area contributed by atoms with Crippen LogP contribution in [0.15, 0.2) is 101 Å². The summed E-state index contributed by atoms with van der Waals surface area (Å²) in [6.45, 7) is 0.410. The molecule has 0 bridgehead atoms. The highest BCUT2D eigenvalue weighted by Gasteiger charge is 2.17. The fourth-order valence-electron chi connectivity index (χ4n) is 4.02. The first kappa shape index (κ1) is 25.8. The minimum Gasteiger partial charge on any atom is -0.342 e. The Kier molecular flexibility index (Phi) is 7.23. The first-order chi connectivity index (χ1) is 18.8. The summed E-state index contributed by atoms with van der Waals surface area (Å²) >= 11 is 1.15. The molecule has 5 rings (SSSR count). The average molecular weight is 558 g/mol. The van der Waals surface area contributed by atoms with E-state index >= 15 is 0 Å². The zero-order valence-electron chi connectivity index (χ0n) is 20.2. The van der Waals surface area contributed by atoms with Gasteiger partial charge in [-0.1, -0.05) is 30.3 Å². The van der Waals surface area contributed by atoms with Crippen molar-refractivity contribution < 1.29 is 17.6 Å². The van der Waals surface area contributed by atoms with Crippen molar-refractivity contribution in [3.8, 4) is 6.07 Å². The Bertz CT molecular complexity index is 1840. The number of halogens is 1. The van der Waals surface area contributed by atoms with Gasteiger partial charge in [0.1, 0.15) is 17.5 Å². The fraction of sp³-hybridized carbons (Fsp3) is 0.0357. The number of carbonyl (C=O) groups is 1. The van der Waals surface area contributed by atoms with Crippen molar-refractivity contribution in [2.24, 2.45) is 0 Å². The number of nitrogens with zero attached hydrogens (tertiary/aromatic N) is 3. The number of nitriles is 1. The van der Waals surface area contributed by atoms with Gasteiger partial charge in [0.2, 0.25) is 0 Å². The molecule has 0 saturated carbocycles. The van der Waals surface area contributed by atoms with Crippen molar-refractivity contribution in [3.63, 3.8) is 0 Å². The maximum Gasteiger partial charge on any atom is 0.266 e. The molecule has 5 aromatic rings. The third-order valence-corrected chi connectivity index (χ3v) is 7.98. The number of benzene rings is 3. The normalized spacial score (nSPS) is 11.7. The summed E-state index contributed by atoms with van der Waals surface area (Å²) in [5.74, 6) is -0.968. The molecule has 3 aromatic carbocycles. The van der Waals surface area contributed by atoms with Crippen LogP contribution in [0.3, 0.4) is 0 Å². The Morgan fingerprint density at radius 2 is 1.90 bits per heavy atom. The number of amides is 1. The highest BCUT2D eigenvalue weighted by molar-refractivity contribution is 7.93. The maximum atomic E-state index is 13.7. The molecule has 2 N–H and O–H groups in total.